The van der Waals surface area contributed by atoms with Crippen molar-refractivity contribution in [2.24, 2.45) is 0 Å². The van der Waals surface area contributed by atoms with Gasteiger partial charge in [-0.2, -0.15) is 0 Å². The number of anilines is 1. The lowest BCUT2D eigenvalue weighted by molar-refractivity contribution is 0.0977. The summed E-state index contributed by atoms with van der Waals surface area (Å²) in [6, 6.07) is 13.8. The highest BCUT2D eigenvalue weighted by Gasteiger charge is 2.26. The standard InChI is InChI=1S/C23H27N3O4S/c1-23(2,3)15-10-13-20(30-6)21(14-15)31(28,29)25-22(27)18-12-11-16-17(24-18)8-7-9-19(16)26(4)5/h7-14H,1-6H3,(H,25,27). The zero-order valence-electron chi connectivity index (χ0n) is 18.6. The van der Waals surface area contributed by atoms with Crippen molar-refractivity contribution in [1.82, 2.24) is 9.71 Å². The Bertz CT molecular complexity index is 1250. The molecule has 1 heterocycles. The summed E-state index contributed by atoms with van der Waals surface area (Å²) in [5.41, 5.74) is 2.10. The Labute approximate surface area is 183 Å². The van der Waals surface area contributed by atoms with Crippen LogP contribution in [0.2, 0.25) is 0 Å². The second-order valence-electron chi connectivity index (χ2n) is 8.49. The fraction of sp³-hybridized carbons (Fsp3) is 0.304. The second-order valence-corrected chi connectivity index (χ2v) is 10.1. The molecule has 7 nitrogen and oxygen atoms in total. The van der Waals surface area contributed by atoms with Crippen molar-refractivity contribution in [2.45, 2.75) is 31.1 Å². The number of hydrogen-bond donors (Lipinski definition) is 1. The topological polar surface area (TPSA) is 88.6 Å². The van der Waals surface area contributed by atoms with Crippen molar-refractivity contribution < 1.29 is 17.9 Å². The first-order chi connectivity index (χ1) is 14.4. The highest BCUT2D eigenvalue weighted by atomic mass is 32.2. The van der Waals surface area contributed by atoms with Crippen LogP contribution in [0.3, 0.4) is 0 Å². The van der Waals surface area contributed by atoms with E-state index in [1.54, 1.807) is 18.2 Å². The minimum absolute atomic E-state index is 0.0120. The zero-order chi connectivity index (χ0) is 23.0. The van der Waals surface area contributed by atoms with E-state index in [0.29, 0.717) is 5.52 Å². The van der Waals surface area contributed by atoms with Gasteiger partial charge in [-0.25, -0.2) is 18.1 Å². The van der Waals surface area contributed by atoms with Gasteiger partial charge < -0.3 is 9.64 Å². The molecule has 8 heteroatoms. The Morgan fingerprint density at radius 1 is 1.06 bits per heavy atom. The predicted molar refractivity (Wildman–Crippen MR) is 122 cm³/mol. The van der Waals surface area contributed by atoms with Gasteiger partial charge in [0.15, 0.2) is 0 Å². The number of aromatic nitrogens is 1. The number of rotatable bonds is 5. The van der Waals surface area contributed by atoms with Crippen molar-refractivity contribution in [2.75, 3.05) is 26.1 Å². The normalized spacial score (nSPS) is 11.9. The minimum Gasteiger partial charge on any atom is -0.495 e. The number of hydrogen-bond acceptors (Lipinski definition) is 6. The van der Waals surface area contributed by atoms with Gasteiger partial charge in [-0.1, -0.05) is 32.9 Å². The molecule has 0 atom stereocenters. The van der Waals surface area contributed by atoms with Crippen LogP contribution >= 0.6 is 0 Å². The molecule has 2 aromatic carbocycles. The van der Waals surface area contributed by atoms with Crippen molar-refractivity contribution in [3.63, 3.8) is 0 Å². The van der Waals surface area contributed by atoms with Crippen LogP contribution in [0.15, 0.2) is 53.4 Å². The molecule has 0 spiro atoms. The van der Waals surface area contributed by atoms with Gasteiger partial charge in [0.1, 0.15) is 16.3 Å². The molecule has 0 fully saturated rings. The largest absolute Gasteiger partial charge is 0.495 e. The molecule has 31 heavy (non-hydrogen) atoms. The number of pyridine rings is 1. The number of sulfonamides is 1. The van der Waals surface area contributed by atoms with E-state index in [0.717, 1.165) is 16.6 Å². The number of carbonyl (C=O) groups is 1. The van der Waals surface area contributed by atoms with E-state index in [4.69, 9.17) is 4.74 Å². The average Bonchev–Trinajstić information content (AvgIpc) is 2.71. The summed E-state index contributed by atoms with van der Waals surface area (Å²) < 4.78 is 33.4. The number of methoxy groups -OCH3 is 1. The van der Waals surface area contributed by atoms with Gasteiger partial charge in [0, 0.05) is 25.2 Å². The highest BCUT2D eigenvalue weighted by molar-refractivity contribution is 7.90. The molecule has 0 radical (unpaired) electrons. The van der Waals surface area contributed by atoms with E-state index < -0.39 is 15.9 Å². The molecule has 0 unspecified atom stereocenters. The van der Waals surface area contributed by atoms with E-state index in [1.807, 2.05) is 58.0 Å². The predicted octanol–water partition coefficient (Wildman–Crippen LogP) is 3.73. The molecule has 3 aromatic rings. The zero-order valence-corrected chi connectivity index (χ0v) is 19.4. The molecule has 1 amide bonds. The Kier molecular flexibility index (Phi) is 5.96. The first-order valence-electron chi connectivity index (χ1n) is 9.77. The molecule has 0 aliphatic heterocycles. The Morgan fingerprint density at radius 3 is 2.39 bits per heavy atom. The fourth-order valence-electron chi connectivity index (χ4n) is 3.24. The van der Waals surface area contributed by atoms with Crippen molar-refractivity contribution in [1.29, 1.82) is 0 Å². The number of nitrogens with zero attached hydrogens (tertiary/aromatic N) is 2. The van der Waals surface area contributed by atoms with E-state index in [2.05, 4.69) is 9.71 Å². The van der Waals surface area contributed by atoms with Crippen LogP contribution < -0.4 is 14.4 Å². The molecular formula is C23H27N3O4S. The van der Waals surface area contributed by atoms with Crippen LogP contribution in [0.1, 0.15) is 36.8 Å². The molecule has 0 saturated heterocycles. The lowest BCUT2D eigenvalue weighted by atomic mass is 9.87. The summed E-state index contributed by atoms with van der Waals surface area (Å²) in [7, 11) is 1.04. The number of ether oxygens (including phenoxy) is 1. The third kappa shape index (κ3) is 4.64. The average molecular weight is 442 g/mol. The van der Waals surface area contributed by atoms with Crippen LogP contribution in [0, 0.1) is 0 Å². The third-order valence-electron chi connectivity index (χ3n) is 4.97. The van der Waals surface area contributed by atoms with E-state index in [-0.39, 0.29) is 21.8 Å². The molecule has 3 rings (SSSR count). The van der Waals surface area contributed by atoms with Gasteiger partial charge in [-0.05, 0) is 47.4 Å². The lowest BCUT2D eigenvalue weighted by Gasteiger charge is -2.21. The number of nitrogens with one attached hydrogen (secondary N) is 1. The van der Waals surface area contributed by atoms with Gasteiger partial charge in [-0.15, -0.1) is 0 Å². The number of amides is 1. The summed E-state index contributed by atoms with van der Waals surface area (Å²) >= 11 is 0. The number of fused-ring (bicyclic) bond motifs is 1. The summed E-state index contributed by atoms with van der Waals surface area (Å²) in [6.45, 7) is 5.93. The summed E-state index contributed by atoms with van der Waals surface area (Å²) in [6.07, 6.45) is 0. The quantitative estimate of drug-likeness (QED) is 0.649. The van der Waals surface area contributed by atoms with E-state index >= 15 is 0 Å². The molecule has 0 aliphatic rings. The van der Waals surface area contributed by atoms with Crippen molar-refractivity contribution in [3.05, 3.63) is 59.8 Å². The Hall–Kier alpha value is -3.13. The van der Waals surface area contributed by atoms with Gasteiger partial charge >= 0.3 is 0 Å². The monoisotopic (exact) mass is 441 g/mol. The Morgan fingerprint density at radius 2 is 1.77 bits per heavy atom. The molecule has 0 aliphatic carbocycles. The molecule has 1 aromatic heterocycles. The van der Waals surface area contributed by atoms with Crippen molar-refractivity contribution in [3.8, 4) is 5.75 Å². The van der Waals surface area contributed by atoms with Gasteiger partial charge in [-0.3, -0.25) is 4.79 Å². The summed E-state index contributed by atoms with van der Waals surface area (Å²) in [5, 5.41) is 0.867. The molecular weight excluding hydrogens is 414 g/mol. The molecule has 0 bridgehead atoms. The molecule has 1 N–H and O–H groups in total. The van der Waals surface area contributed by atoms with Crippen LogP contribution in [-0.4, -0.2) is 40.5 Å². The van der Waals surface area contributed by atoms with Crippen LogP contribution in [0.4, 0.5) is 5.69 Å². The number of carbonyl (C=O) groups excluding carboxylic acids is 1. The van der Waals surface area contributed by atoms with E-state index in [1.165, 1.54) is 19.2 Å². The first kappa shape index (κ1) is 22.6. The first-order valence-corrected chi connectivity index (χ1v) is 11.2. The fourth-order valence-corrected chi connectivity index (χ4v) is 4.39. The maximum absolute atomic E-state index is 13.0. The van der Waals surface area contributed by atoms with Crippen LogP contribution in [0.25, 0.3) is 10.9 Å². The van der Waals surface area contributed by atoms with Crippen LogP contribution in [0.5, 0.6) is 5.75 Å². The van der Waals surface area contributed by atoms with Crippen molar-refractivity contribution >= 4 is 32.5 Å². The maximum Gasteiger partial charge on any atom is 0.283 e. The molecule has 0 saturated carbocycles. The van der Waals surface area contributed by atoms with Gasteiger partial charge in [0.25, 0.3) is 15.9 Å². The smallest absolute Gasteiger partial charge is 0.283 e. The second kappa shape index (κ2) is 8.19. The summed E-state index contributed by atoms with van der Waals surface area (Å²) in [4.78, 5) is 19.0. The van der Waals surface area contributed by atoms with Gasteiger partial charge in [0.05, 0.1) is 12.6 Å². The van der Waals surface area contributed by atoms with Gasteiger partial charge in [0.2, 0.25) is 0 Å². The van der Waals surface area contributed by atoms with Crippen LogP contribution in [-0.2, 0) is 15.4 Å². The maximum atomic E-state index is 13.0. The minimum atomic E-state index is -4.18. The summed E-state index contributed by atoms with van der Waals surface area (Å²) in [5.74, 6) is -0.643. The molecule has 164 valence electrons. The Balaban J connectivity index is 1.98. The highest BCUT2D eigenvalue weighted by Crippen LogP contribution is 2.31. The SMILES string of the molecule is COc1ccc(C(C)(C)C)cc1S(=O)(=O)NC(=O)c1ccc2c(N(C)C)cccc2n1. The third-order valence-corrected chi connectivity index (χ3v) is 6.32. The number of benzene rings is 2. The lowest BCUT2D eigenvalue weighted by Crippen LogP contribution is -2.31. The van der Waals surface area contributed by atoms with E-state index in [9.17, 15) is 13.2 Å².